The number of carbonyl (C=O) groups excluding carboxylic acids is 2. The maximum atomic E-state index is 11.3. The van der Waals surface area contributed by atoms with Crippen molar-refractivity contribution >= 4 is 11.9 Å². The first-order valence-electron chi connectivity index (χ1n) is 6.05. The van der Waals surface area contributed by atoms with Crippen LogP contribution in [-0.4, -0.2) is 24.6 Å². The summed E-state index contributed by atoms with van der Waals surface area (Å²) in [6.07, 6.45) is 8.41. The van der Waals surface area contributed by atoms with E-state index in [4.69, 9.17) is 15.9 Å². The Labute approximate surface area is 108 Å². The van der Waals surface area contributed by atoms with Gasteiger partial charge in [0.05, 0.1) is 6.61 Å². The Hall–Kier alpha value is -1.76. The molecule has 0 heterocycles. The Morgan fingerprint density at radius 3 is 2.28 bits per heavy atom. The van der Waals surface area contributed by atoms with Gasteiger partial charge in [0, 0.05) is 12.2 Å². The second kappa shape index (κ2) is 9.29. The molecule has 0 aromatic heterocycles. The lowest BCUT2D eigenvalue weighted by Gasteiger charge is -2.11. The maximum absolute atomic E-state index is 11.3. The lowest BCUT2D eigenvalue weighted by Crippen LogP contribution is -2.13. The van der Waals surface area contributed by atoms with Crippen LogP contribution in [0.5, 0.6) is 0 Å². The Bertz CT molecular complexity index is 334. The predicted octanol–water partition coefficient (Wildman–Crippen LogP) is 2.09. The first-order chi connectivity index (χ1) is 8.53. The number of hydrogen-bond donors (Lipinski definition) is 0. The summed E-state index contributed by atoms with van der Waals surface area (Å²) in [4.78, 5) is 22.4. The number of esters is 2. The van der Waals surface area contributed by atoms with E-state index in [0.717, 1.165) is 25.0 Å². The summed E-state index contributed by atoms with van der Waals surface area (Å²) in [5.74, 6) is 1.40. The van der Waals surface area contributed by atoms with Gasteiger partial charge in [0.15, 0.2) is 6.10 Å². The Morgan fingerprint density at radius 1 is 1.22 bits per heavy atom. The largest absolute Gasteiger partial charge is 0.462 e. The van der Waals surface area contributed by atoms with Crippen LogP contribution in [0.2, 0.25) is 0 Å². The fourth-order valence-electron chi connectivity index (χ4n) is 1.16. The Kier molecular flexibility index (Phi) is 8.38. The summed E-state index contributed by atoms with van der Waals surface area (Å²) in [6, 6.07) is 0. The molecule has 0 radical (unpaired) electrons. The molecule has 100 valence electrons. The number of rotatable bonds is 7. The van der Waals surface area contributed by atoms with Crippen LogP contribution in [0, 0.1) is 18.3 Å². The smallest absolute Gasteiger partial charge is 0.332 e. The molecule has 0 rings (SSSR count). The van der Waals surface area contributed by atoms with Crippen LogP contribution in [0.3, 0.4) is 0 Å². The SMILES string of the molecule is C#CC(C)OC(=O)/C=C/C(=O)OCC(CC)CC. The van der Waals surface area contributed by atoms with E-state index in [-0.39, 0.29) is 0 Å². The molecule has 4 heteroatoms. The molecule has 0 aromatic carbocycles. The molecule has 0 aliphatic heterocycles. The average Bonchev–Trinajstić information content (AvgIpc) is 2.37. The summed E-state index contributed by atoms with van der Waals surface area (Å²) in [5, 5.41) is 0. The molecule has 0 amide bonds. The van der Waals surface area contributed by atoms with Crippen molar-refractivity contribution in [3.05, 3.63) is 12.2 Å². The van der Waals surface area contributed by atoms with Crippen LogP contribution < -0.4 is 0 Å². The number of ether oxygens (including phenoxy) is 2. The highest BCUT2D eigenvalue weighted by Gasteiger charge is 2.07. The van der Waals surface area contributed by atoms with Crippen molar-refractivity contribution in [2.75, 3.05) is 6.61 Å². The molecule has 1 atom stereocenters. The quantitative estimate of drug-likeness (QED) is 0.395. The van der Waals surface area contributed by atoms with Crippen LogP contribution in [0.1, 0.15) is 33.6 Å². The van der Waals surface area contributed by atoms with E-state index >= 15 is 0 Å². The molecule has 0 aliphatic rings. The van der Waals surface area contributed by atoms with E-state index in [1.807, 2.05) is 13.8 Å². The number of carbonyl (C=O) groups is 2. The van der Waals surface area contributed by atoms with Gasteiger partial charge in [0.2, 0.25) is 0 Å². The van der Waals surface area contributed by atoms with Crippen molar-refractivity contribution in [3.8, 4) is 12.3 Å². The summed E-state index contributed by atoms with van der Waals surface area (Å²) >= 11 is 0. The van der Waals surface area contributed by atoms with Gasteiger partial charge in [-0.05, 0) is 12.8 Å². The van der Waals surface area contributed by atoms with Crippen molar-refractivity contribution in [2.24, 2.45) is 5.92 Å². The van der Waals surface area contributed by atoms with E-state index in [0.29, 0.717) is 12.5 Å². The standard InChI is InChI=1S/C14H20O4/c1-5-11(4)18-14(16)9-8-13(15)17-10-12(6-2)7-3/h1,8-9,11-12H,6-7,10H2,2-4H3/b9-8+. The van der Waals surface area contributed by atoms with Gasteiger partial charge in [-0.1, -0.05) is 32.6 Å². The third kappa shape index (κ3) is 7.50. The summed E-state index contributed by atoms with van der Waals surface area (Å²) < 4.78 is 9.74. The lowest BCUT2D eigenvalue weighted by molar-refractivity contribution is -0.142. The first kappa shape index (κ1) is 16.2. The van der Waals surface area contributed by atoms with Crippen LogP contribution in [0.25, 0.3) is 0 Å². The zero-order valence-corrected chi connectivity index (χ0v) is 11.1. The monoisotopic (exact) mass is 252 g/mol. The Balaban J connectivity index is 4.01. The van der Waals surface area contributed by atoms with Crippen LogP contribution >= 0.6 is 0 Å². The topological polar surface area (TPSA) is 52.6 Å². The molecule has 0 spiro atoms. The van der Waals surface area contributed by atoms with Gasteiger partial charge < -0.3 is 9.47 Å². The van der Waals surface area contributed by atoms with Gasteiger partial charge in [-0.3, -0.25) is 0 Å². The second-order valence-corrected chi connectivity index (χ2v) is 3.89. The highest BCUT2D eigenvalue weighted by Crippen LogP contribution is 2.07. The molecule has 4 nitrogen and oxygen atoms in total. The van der Waals surface area contributed by atoms with E-state index in [1.165, 1.54) is 0 Å². The molecular formula is C14H20O4. The molecule has 0 N–H and O–H groups in total. The van der Waals surface area contributed by atoms with Gasteiger partial charge in [0.1, 0.15) is 0 Å². The Morgan fingerprint density at radius 2 is 1.78 bits per heavy atom. The molecule has 0 aliphatic carbocycles. The van der Waals surface area contributed by atoms with Gasteiger partial charge >= 0.3 is 11.9 Å². The number of terminal acetylenes is 1. The van der Waals surface area contributed by atoms with Crippen molar-refractivity contribution in [2.45, 2.75) is 39.7 Å². The van der Waals surface area contributed by atoms with Crippen molar-refractivity contribution in [3.63, 3.8) is 0 Å². The minimum Gasteiger partial charge on any atom is -0.462 e. The van der Waals surface area contributed by atoms with Crippen molar-refractivity contribution in [1.82, 2.24) is 0 Å². The van der Waals surface area contributed by atoms with E-state index in [2.05, 4.69) is 5.92 Å². The van der Waals surface area contributed by atoms with Gasteiger partial charge in [-0.15, -0.1) is 6.42 Å². The highest BCUT2D eigenvalue weighted by atomic mass is 16.5. The number of hydrogen-bond acceptors (Lipinski definition) is 4. The predicted molar refractivity (Wildman–Crippen MR) is 68.6 cm³/mol. The van der Waals surface area contributed by atoms with Gasteiger partial charge in [0.25, 0.3) is 0 Å². The van der Waals surface area contributed by atoms with E-state index in [1.54, 1.807) is 6.92 Å². The summed E-state index contributed by atoms with van der Waals surface area (Å²) in [7, 11) is 0. The fourth-order valence-corrected chi connectivity index (χ4v) is 1.16. The van der Waals surface area contributed by atoms with Crippen LogP contribution in [0.4, 0.5) is 0 Å². The lowest BCUT2D eigenvalue weighted by atomic mass is 10.1. The minimum absolute atomic E-state index is 0.357. The average molecular weight is 252 g/mol. The molecule has 0 saturated carbocycles. The van der Waals surface area contributed by atoms with Gasteiger partial charge in [-0.2, -0.15) is 0 Å². The summed E-state index contributed by atoms with van der Waals surface area (Å²) in [6.45, 7) is 6.01. The van der Waals surface area contributed by atoms with Crippen molar-refractivity contribution in [1.29, 1.82) is 0 Å². The molecule has 0 fully saturated rings. The third-order valence-electron chi connectivity index (χ3n) is 2.50. The zero-order valence-electron chi connectivity index (χ0n) is 11.1. The van der Waals surface area contributed by atoms with E-state index in [9.17, 15) is 9.59 Å². The second-order valence-electron chi connectivity index (χ2n) is 3.89. The molecule has 1 unspecified atom stereocenters. The molecule has 0 bridgehead atoms. The molecule has 18 heavy (non-hydrogen) atoms. The van der Waals surface area contributed by atoms with Crippen molar-refractivity contribution < 1.29 is 19.1 Å². The third-order valence-corrected chi connectivity index (χ3v) is 2.50. The van der Waals surface area contributed by atoms with E-state index < -0.39 is 18.0 Å². The van der Waals surface area contributed by atoms with Crippen LogP contribution in [0.15, 0.2) is 12.2 Å². The first-order valence-corrected chi connectivity index (χ1v) is 6.05. The normalized spacial score (nSPS) is 12.2. The fraction of sp³-hybridized carbons (Fsp3) is 0.571. The van der Waals surface area contributed by atoms with Crippen LogP contribution in [-0.2, 0) is 19.1 Å². The minimum atomic E-state index is -0.653. The zero-order chi connectivity index (χ0) is 14.0. The molecular weight excluding hydrogens is 232 g/mol. The summed E-state index contributed by atoms with van der Waals surface area (Å²) in [5.41, 5.74) is 0. The molecule has 0 aromatic rings. The molecule has 0 saturated heterocycles. The van der Waals surface area contributed by atoms with Gasteiger partial charge in [-0.25, -0.2) is 9.59 Å². The highest BCUT2D eigenvalue weighted by molar-refractivity contribution is 5.91. The maximum Gasteiger partial charge on any atom is 0.332 e.